The smallest absolute Gasteiger partial charge is 0.376 e. The van der Waals surface area contributed by atoms with Gasteiger partial charge in [-0.2, -0.15) is 13.2 Å². The van der Waals surface area contributed by atoms with Crippen molar-refractivity contribution in [1.82, 2.24) is 4.90 Å². The molecule has 1 N–H and O–H groups in total. The van der Waals surface area contributed by atoms with Crippen molar-refractivity contribution >= 4 is 5.91 Å². The second kappa shape index (κ2) is 8.45. The highest BCUT2D eigenvalue weighted by Crippen LogP contribution is 2.41. The van der Waals surface area contributed by atoms with Gasteiger partial charge >= 0.3 is 6.18 Å². The highest BCUT2D eigenvalue weighted by molar-refractivity contribution is 5.95. The van der Waals surface area contributed by atoms with E-state index in [1.807, 2.05) is 4.90 Å². The molecule has 31 heavy (non-hydrogen) atoms. The molecule has 1 aromatic rings. The summed E-state index contributed by atoms with van der Waals surface area (Å²) in [4.78, 5) is 15.3. The number of carbonyl (C=O) groups is 1. The van der Waals surface area contributed by atoms with Crippen molar-refractivity contribution in [3.05, 3.63) is 59.7 Å². The summed E-state index contributed by atoms with van der Waals surface area (Å²) >= 11 is 0. The van der Waals surface area contributed by atoms with Gasteiger partial charge in [-0.25, -0.2) is 0 Å². The minimum absolute atomic E-state index is 0.107. The minimum atomic E-state index is -4.78. The Balaban J connectivity index is 1.44. The fraction of sp³-hybridized carbons (Fsp3) is 0.560. The van der Waals surface area contributed by atoms with Crippen molar-refractivity contribution in [1.29, 1.82) is 0 Å². The molecule has 1 amide bonds. The first-order valence-corrected chi connectivity index (χ1v) is 11.2. The van der Waals surface area contributed by atoms with Crippen molar-refractivity contribution in [2.75, 3.05) is 0 Å². The van der Waals surface area contributed by atoms with Gasteiger partial charge in [0.1, 0.15) is 0 Å². The summed E-state index contributed by atoms with van der Waals surface area (Å²) in [6, 6.07) is 5.69. The number of halogens is 3. The summed E-state index contributed by atoms with van der Waals surface area (Å²) in [5, 5.41) is 9.87. The van der Waals surface area contributed by atoms with Crippen molar-refractivity contribution < 1.29 is 23.1 Å². The van der Waals surface area contributed by atoms with E-state index >= 15 is 0 Å². The van der Waals surface area contributed by atoms with E-state index in [4.69, 9.17) is 0 Å². The molecule has 0 heterocycles. The first-order valence-electron chi connectivity index (χ1n) is 11.2. The Labute approximate surface area is 181 Å². The number of carbonyl (C=O) groups excluding carboxylic acids is 1. The van der Waals surface area contributed by atoms with Gasteiger partial charge < -0.3 is 10.0 Å². The van der Waals surface area contributed by atoms with E-state index < -0.39 is 11.8 Å². The summed E-state index contributed by atoms with van der Waals surface area (Å²) in [6.07, 6.45) is 11.2. The standard InChI is InChI=1S/C25H30F3NO2/c1-24(31,25(26,27)28)20-11-7-19(8-12-20)23(30)29(22-15-16-22)21-13-9-18(10-14-21)17-5-3-2-4-6-17/h2-5,7-8,11-12,17-18,21-22,31H,6,9-10,13-16H2,1H3/t17?,18-,21-,24-/m0/s1. The third-order valence-corrected chi connectivity index (χ3v) is 7.17. The van der Waals surface area contributed by atoms with Crippen LogP contribution in [0.4, 0.5) is 13.2 Å². The molecule has 1 aromatic carbocycles. The number of hydrogen-bond donors (Lipinski definition) is 1. The number of allylic oxidation sites excluding steroid dienone is 4. The Morgan fingerprint density at radius 1 is 0.968 bits per heavy atom. The maximum Gasteiger partial charge on any atom is 0.421 e. The molecule has 1 unspecified atom stereocenters. The van der Waals surface area contributed by atoms with Crippen LogP contribution in [0.1, 0.15) is 67.8 Å². The molecule has 3 aliphatic carbocycles. The molecule has 2 fully saturated rings. The van der Waals surface area contributed by atoms with Crippen LogP contribution < -0.4 is 0 Å². The minimum Gasteiger partial charge on any atom is -0.376 e. The second-order valence-corrected chi connectivity index (χ2v) is 9.37. The van der Waals surface area contributed by atoms with Gasteiger partial charge in [-0.3, -0.25) is 4.79 Å². The molecule has 0 saturated heterocycles. The molecular formula is C25H30F3NO2. The van der Waals surface area contributed by atoms with E-state index in [1.54, 1.807) is 0 Å². The lowest BCUT2D eigenvalue weighted by molar-refractivity contribution is -0.258. The molecule has 0 radical (unpaired) electrons. The van der Waals surface area contributed by atoms with Gasteiger partial charge in [0.25, 0.3) is 5.91 Å². The molecular weight excluding hydrogens is 403 g/mol. The highest BCUT2D eigenvalue weighted by Gasteiger charge is 2.51. The molecule has 0 spiro atoms. The van der Waals surface area contributed by atoms with Crippen molar-refractivity contribution in [3.63, 3.8) is 0 Å². The van der Waals surface area contributed by atoms with Crippen molar-refractivity contribution in [2.24, 2.45) is 11.8 Å². The Hall–Kier alpha value is -2.08. The summed E-state index contributed by atoms with van der Waals surface area (Å²) < 4.78 is 39.3. The summed E-state index contributed by atoms with van der Waals surface area (Å²) in [7, 11) is 0. The van der Waals surface area contributed by atoms with E-state index in [-0.39, 0.29) is 23.6 Å². The first kappa shape index (κ1) is 22.1. The second-order valence-electron chi connectivity index (χ2n) is 9.37. The SMILES string of the molecule is C[C@](O)(c1ccc(C(=O)N(C2CC2)[C@H]2CC[C@H](C3C=CC=CC3)CC2)cc1)C(F)(F)F. The van der Waals surface area contributed by atoms with Crippen molar-refractivity contribution in [3.8, 4) is 0 Å². The van der Waals surface area contributed by atoms with Crippen LogP contribution in [0.25, 0.3) is 0 Å². The van der Waals surface area contributed by atoms with Gasteiger partial charge in [-0.1, -0.05) is 36.4 Å². The van der Waals surface area contributed by atoms with Gasteiger partial charge in [-0.15, -0.1) is 0 Å². The summed E-state index contributed by atoms with van der Waals surface area (Å²) in [5.74, 6) is 1.13. The molecule has 6 heteroatoms. The zero-order chi connectivity index (χ0) is 22.2. The number of aliphatic hydroxyl groups is 1. The Bertz CT molecular complexity index is 845. The van der Waals surface area contributed by atoms with E-state index in [2.05, 4.69) is 24.3 Å². The normalized spacial score (nSPS) is 28.2. The molecule has 168 valence electrons. The lowest BCUT2D eigenvalue weighted by atomic mass is 9.75. The number of rotatable bonds is 5. The van der Waals surface area contributed by atoms with Gasteiger partial charge in [0.15, 0.2) is 5.60 Å². The lowest BCUT2D eigenvalue weighted by Gasteiger charge is -2.39. The molecule has 2 saturated carbocycles. The lowest BCUT2D eigenvalue weighted by Crippen LogP contribution is -2.44. The van der Waals surface area contributed by atoms with Crippen LogP contribution in [0.2, 0.25) is 0 Å². The molecule has 2 atom stereocenters. The number of hydrogen-bond acceptors (Lipinski definition) is 2. The molecule has 3 nitrogen and oxygen atoms in total. The van der Waals surface area contributed by atoms with Crippen LogP contribution in [0.5, 0.6) is 0 Å². The van der Waals surface area contributed by atoms with Gasteiger partial charge in [0.05, 0.1) is 0 Å². The van der Waals surface area contributed by atoms with Gasteiger partial charge in [0, 0.05) is 17.6 Å². The monoisotopic (exact) mass is 433 g/mol. The zero-order valence-electron chi connectivity index (χ0n) is 17.8. The quantitative estimate of drug-likeness (QED) is 0.642. The van der Waals surface area contributed by atoms with Crippen molar-refractivity contribution in [2.45, 2.75) is 75.7 Å². The van der Waals surface area contributed by atoms with Crippen LogP contribution in [-0.4, -0.2) is 34.2 Å². The van der Waals surface area contributed by atoms with E-state index in [1.165, 1.54) is 24.3 Å². The third-order valence-electron chi connectivity index (χ3n) is 7.17. The van der Waals surface area contributed by atoms with E-state index in [0.717, 1.165) is 51.9 Å². The molecule has 3 aliphatic rings. The predicted octanol–water partition coefficient (Wildman–Crippen LogP) is 5.75. The number of nitrogens with zero attached hydrogens (tertiary/aromatic N) is 1. The maximum atomic E-state index is 13.3. The Kier molecular flexibility index (Phi) is 6.03. The van der Waals surface area contributed by atoms with Gasteiger partial charge in [-0.05, 0) is 81.4 Å². The number of benzene rings is 1. The first-order chi connectivity index (χ1) is 14.7. The predicted molar refractivity (Wildman–Crippen MR) is 113 cm³/mol. The fourth-order valence-corrected chi connectivity index (χ4v) is 4.99. The maximum absolute atomic E-state index is 13.3. The Morgan fingerprint density at radius 2 is 1.55 bits per heavy atom. The Morgan fingerprint density at radius 3 is 2.03 bits per heavy atom. The summed E-state index contributed by atoms with van der Waals surface area (Å²) in [6.45, 7) is 0.732. The average Bonchev–Trinajstić information content (AvgIpc) is 3.59. The zero-order valence-corrected chi connectivity index (χ0v) is 17.8. The van der Waals surface area contributed by atoms with Crippen LogP contribution >= 0.6 is 0 Å². The third kappa shape index (κ3) is 4.59. The van der Waals surface area contributed by atoms with E-state index in [9.17, 15) is 23.1 Å². The molecule has 4 rings (SSSR count). The number of amides is 1. The average molecular weight is 434 g/mol. The van der Waals surface area contributed by atoms with Crippen LogP contribution in [-0.2, 0) is 5.60 Å². The fourth-order valence-electron chi connectivity index (χ4n) is 4.99. The highest BCUT2D eigenvalue weighted by atomic mass is 19.4. The topological polar surface area (TPSA) is 40.5 Å². The van der Waals surface area contributed by atoms with E-state index in [0.29, 0.717) is 17.4 Å². The largest absolute Gasteiger partial charge is 0.421 e. The van der Waals surface area contributed by atoms with Crippen LogP contribution in [0.15, 0.2) is 48.6 Å². The number of alkyl halides is 3. The molecule has 0 bridgehead atoms. The van der Waals surface area contributed by atoms with Gasteiger partial charge in [0.2, 0.25) is 0 Å². The molecule has 0 aromatic heterocycles. The summed E-state index contributed by atoms with van der Waals surface area (Å²) in [5.41, 5.74) is -2.81. The molecule has 0 aliphatic heterocycles. The van der Waals surface area contributed by atoms with Crippen LogP contribution in [0.3, 0.4) is 0 Å². The van der Waals surface area contributed by atoms with Crippen LogP contribution in [0, 0.1) is 11.8 Å².